The molecule has 2 aliphatic rings. The van der Waals surface area contributed by atoms with Gasteiger partial charge in [0.1, 0.15) is 0 Å². The minimum atomic E-state index is 0. The molecule has 1 aromatic rings. The van der Waals surface area contributed by atoms with Gasteiger partial charge in [-0.05, 0) is 24.0 Å². The van der Waals surface area contributed by atoms with Gasteiger partial charge in [0.05, 0.1) is 19.1 Å². The normalized spacial score (nSPS) is 24.9. The van der Waals surface area contributed by atoms with Gasteiger partial charge in [0.15, 0.2) is 0 Å². The van der Waals surface area contributed by atoms with Crippen molar-refractivity contribution in [3.05, 3.63) is 29.8 Å². The van der Waals surface area contributed by atoms with Crippen LogP contribution in [-0.4, -0.2) is 38.3 Å². The lowest BCUT2D eigenvalue weighted by Crippen LogP contribution is -2.45. The third kappa shape index (κ3) is 3.76. The van der Waals surface area contributed by atoms with Crippen molar-refractivity contribution in [2.75, 3.05) is 31.1 Å². The minimum Gasteiger partial charge on any atom is -0.375 e. The first-order valence-corrected chi connectivity index (χ1v) is 7.44. The van der Waals surface area contributed by atoms with Crippen LogP contribution in [0.25, 0.3) is 0 Å². The highest BCUT2D eigenvalue weighted by molar-refractivity contribution is 5.95. The number of carbonyl (C=O) groups excluding carboxylic acids is 1. The molecule has 0 aromatic heterocycles. The topological polar surface area (TPSA) is 41.6 Å². The van der Waals surface area contributed by atoms with E-state index in [2.05, 4.69) is 24.4 Å². The van der Waals surface area contributed by atoms with Crippen molar-refractivity contribution >= 4 is 24.0 Å². The van der Waals surface area contributed by atoms with Crippen LogP contribution in [0.4, 0.5) is 5.69 Å². The van der Waals surface area contributed by atoms with Gasteiger partial charge in [-0.3, -0.25) is 4.79 Å². The average molecular weight is 311 g/mol. The Hall–Kier alpha value is -1.10. The molecule has 4 nitrogen and oxygen atoms in total. The van der Waals surface area contributed by atoms with Crippen molar-refractivity contribution in [3.8, 4) is 0 Å². The molecule has 2 unspecified atom stereocenters. The number of morpholine rings is 1. The highest BCUT2D eigenvalue weighted by Crippen LogP contribution is 2.30. The van der Waals surface area contributed by atoms with E-state index in [1.807, 2.05) is 17.0 Å². The average Bonchev–Trinajstić information content (AvgIpc) is 2.47. The Bertz CT molecular complexity index is 489. The number of benzene rings is 1. The summed E-state index contributed by atoms with van der Waals surface area (Å²) in [6, 6.07) is 8.24. The van der Waals surface area contributed by atoms with Gasteiger partial charge in [0.25, 0.3) is 0 Å². The second kappa shape index (κ2) is 7.25. The van der Waals surface area contributed by atoms with Crippen LogP contribution in [0.15, 0.2) is 24.3 Å². The lowest BCUT2D eigenvalue weighted by molar-refractivity contribution is -0.122. The largest absolute Gasteiger partial charge is 0.375 e. The number of para-hydroxylation sites is 1. The maximum atomic E-state index is 12.6. The highest BCUT2D eigenvalue weighted by Gasteiger charge is 2.28. The van der Waals surface area contributed by atoms with E-state index in [-0.39, 0.29) is 24.4 Å². The summed E-state index contributed by atoms with van der Waals surface area (Å²) in [5, 5.41) is 3.28. The fourth-order valence-corrected chi connectivity index (χ4v) is 3.09. The van der Waals surface area contributed by atoms with Crippen LogP contribution in [0, 0.1) is 5.92 Å². The molecular formula is C16H23ClN2O2. The van der Waals surface area contributed by atoms with E-state index in [1.165, 1.54) is 5.56 Å². The maximum absolute atomic E-state index is 12.6. The van der Waals surface area contributed by atoms with Crippen LogP contribution < -0.4 is 10.2 Å². The molecule has 2 atom stereocenters. The number of nitrogens with zero attached hydrogens (tertiary/aromatic N) is 1. The first-order valence-electron chi connectivity index (χ1n) is 7.44. The zero-order valence-electron chi connectivity index (χ0n) is 12.4. The summed E-state index contributed by atoms with van der Waals surface area (Å²) >= 11 is 0. The van der Waals surface area contributed by atoms with Crippen molar-refractivity contribution in [3.63, 3.8) is 0 Å². The molecule has 0 bridgehead atoms. The zero-order valence-corrected chi connectivity index (χ0v) is 13.2. The predicted octanol–water partition coefficient (Wildman–Crippen LogP) is 2.01. The summed E-state index contributed by atoms with van der Waals surface area (Å²) in [5.41, 5.74) is 2.36. The molecule has 0 saturated carbocycles. The molecule has 3 rings (SSSR count). The van der Waals surface area contributed by atoms with Crippen molar-refractivity contribution in [1.29, 1.82) is 0 Å². The van der Waals surface area contributed by atoms with Crippen LogP contribution in [0.1, 0.15) is 18.9 Å². The number of halogens is 1. The van der Waals surface area contributed by atoms with Gasteiger partial charge in [-0.25, -0.2) is 0 Å². The molecule has 1 aromatic carbocycles. The molecule has 0 aliphatic carbocycles. The van der Waals surface area contributed by atoms with Crippen LogP contribution in [0.2, 0.25) is 0 Å². The molecule has 116 valence electrons. The van der Waals surface area contributed by atoms with E-state index in [9.17, 15) is 4.79 Å². The lowest BCUT2D eigenvalue weighted by Gasteiger charge is -2.34. The Kier molecular flexibility index (Phi) is 5.62. The van der Waals surface area contributed by atoms with Crippen molar-refractivity contribution in [2.24, 2.45) is 5.92 Å². The smallest absolute Gasteiger partial charge is 0.229 e. The first-order chi connectivity index (χ1) is 9.74. The summed E-state index contributed by atoms with van der Waals surface area (Å²) in [6.45, 7) is 5.38. The number of rotatable bonds is 2. The van der Waals surface area contributed by atoms with Crippen LogP contribution in [0.5, 0.6) is 0 Å². The molecule has 1 N–H and O–H groups in total. The standard InChI is InChI=1S/C16H22N2O2.ClH/c1-12-8-13-4-2-3-5-15(13)18(11-12)16(19)9-14-10-17-6-7-20-14;/h2-5,12,14,17H,6-11H2,1H3;1H. The quantitative estimate of drug-likeness (QED) is 0.908. The number of carbonyl (C=O) groups is 1. The molecule has 21 heavy (non-hydrogen) atoms. The van der Waals surface area contributed by atoms with Gasteiger partial charge in [-0.1, -0.05) is 25.1 Å². The number of nitrogens with one attached hydrogen (secondary N) is 1. The van der Waals surface area contributed by atoms with Crippen LogP contribution in [-0.2, 0) is 16.0 Å². The van der Waals surface area contributed by atoms with Gasteiger partial charge >= 0.3 is 0 Å². The number of anilines is 1. The third-order valence-electron chi connectivity index (χ3n) is 4.05. The SMILES string of the molecule is CC1Cc2ccccc2N(C(=O)CC2CNCCO2)C1.Cl. The number of amides is 1. The number of ether oxygens (including phenoxy) is 1. The molecular weight excluding hydrogens is 288 g/mol. The van der Waals surface area contributed by atoms with E-state index in [1.54, 1.807) is 0 Å². The monoisotopic (exact) mass is 310 g/mol. The molecule has 0 radical (unpaired) electrons. The molecule has 1 saturated heterocycles. The highest BCUT2D eigenvalue weighted by atomic mass is 35.5. The molecule has 5 heteroatoms. The number of hydrogen-bond acceptors (Lipinski definition) is 3. The Morgan fingerprint density at radius 3 is 3.00 bits per heavy atom. The third-order valence-corrected chi connectivity index (χ3v) is 4.05. The van der Waals surface area contributed by atoms with Crippen LogP contribution >= 0.6 is 12.4 Å². The molecule has 0 spiro atoms. The van der Waals surface area contributed by atoms with Crippen molar-refractivity contribution < 1.29 is 9.53 Å². The molecule has 2 heterocycles. The fraction of sp³-hybridized carbons (Fsp3) is 0.562. The van der Waals surface area contributed by atoms with Crippen molar-refractivity contribution in [1.82, 2.24) is 5.32 Å². The van der Waals surface area contributed by atoms with Gasteiger partial charge in [-0.2, -0.15) is 0 Å². The Labute approximate surface area is 132 Å². The summed E-state index contributed by atoms with van der Waals surface area (Å²) in [4.78, 5) is 14.5. The maximum Gasteiger partial charge on any atom is 0.229 e. The van der Waals surface area contributed by atoms with E-state index < -0.39 is 0 Å². The molecule has 2 aliphatic heterocycles. The Morgan fingerprint density at radius 1 is 1.43 bits per heavy atom. The predicted molar refractivity (Wildman–Crippen MR) is 86.1 cm³/mol. The Balaban J connectivity index is 0.00000161. The van der Waals surface area contributed by atoms with Crippen LogP contribution in [0.3, 0.4) is 0 Å². The second-order valence-electron chi connectivity index (χ2n) is 5.84. The molecule has 1 amide bonds. The van der Waals surface area contributed by atoms with E-state index in [0.717, 1.165) is 31.7 Å². The molecule has 1 fully saturated rings. The van der Waals surface area contributed by atoms with E-state index in [4.69, 9.17) is 4.74 Å². The van der Waals surface area contributed by atoms with Gasteiger partial charge in [0, 0.05) is 25.3 Å². The number of fused-ring (bicyclic) bond motifs is 1. The van der Waals surface area contributed by atoms with Crippen molar-refractivity contribution in [2.45, 2.75) is 25.9 Å². The fourth-order valence-electron chi connectivity index (χ4n) is 3.09. The zero-order chi connectivity index (χ0) is 13.9. The summed E-state index contributed by atoms with van der Waals surface area (Å²) < 4.78 is 5.64. The van der Waals surface area contributed by atoms with Gasteiger partial charge in [-0.15, -0.1) is 12.4 Å². The number of hydrogen-bond donors (Lipinski definition) is 1. The summed E-state index contributed by atoms with van der Waals surface area (Å²) in [5.74, 6) is 0.692. The van der Waals surface area contributed by atoms with E-state index in [0.29, 0.717) is 18.9 Å². The summed E-state index contributed by atoms with van der Waals surface area (Å²) in [7, 11) is 0. The minimum absolute atomic E-state index is 0. The lowest BCUT2D eigenvalue weighted by atomic mass is 9.93. The first kappa shape index (κ1) is 16.3. The van der Waals surface area contributed by atoms with Gasteiger partial charge < -0.3 is 15.0 Å². The van der Waals surface area contributed by atoms with E-state index >= 15 is 0 Å². The Morgan fingerprint density at radius 2 is 2.24 bits per heavy atom. The summed E-state index contributed by atoms with van der Waals surface area (Å²) in [6.07, 6.45) is 1.54. The van der Waals surface area contributed by atoms with Gasteiger partial charge in [0.2, 0.25) is 5.91 Å². The second-order valence-corrected chi connectivity index (χ2v) is 5.84.